The third-order valence-corrected chi connectivity index (χ3v) is 3.12. The summed E-state index contributed by atoms with van der Waals surface area (Å²) >= 11 is 0. The molecule has 2 aliphatic rings. The van der Waals surface area contributed by atoms with Gasteiger partial charge in [-0.2, -0.15) is 0 Å². The van der Waals surface area contributed by atoms with E-state index < -0.39 is 0 Å². The molecule has 2 atom stereocenters. The van der Waals surface area contributed by atoms with E-state index in [0.717, 1.165) is 17.9 Å². The van der Waals surface area contributed by atoms with Crippen LogP contribution in [-0.2, 0) is 0 Å². The zero-order chi connectivity index (χ0) is 11.1. The molecule has 1 saturated carbocycles. The summed E-state index contributed by atoms with van der Waals surface area (Å²) in [7, 11) is 1.64. The summed E-state index contributed by atoms with van der Waals surface area (Å²) in [6, 6.07) is 4.31. The number of hydrogen-bond donors (Lipinski definition) is 1. The van der Waals surface area contributed by atoms with Crippen molar-refractivity contribution in [1.29, 1.82) is 0 Å². The van der Waals surface area contributed by atoms with E-state index in [-0.39, 0.29) is 6.04 Å². The normalized spacial score (nSPS) is 26.4. The Hall–Kier alpha value is -1.42. The van der Waals surface area contributed by atoms with Gasteiger partial charge in [0.05, 0.1) is 7.11 Å². The van der Waals surface area contributed by atoms with Crippen molar-refractivity contribution in [3.05, 3.63) is 17.7 Å². The summed E-state index contributed by atoms with van der Waals surface area (Å²) < 4.78 is 16.4. The fourth-order valence-electron chi connectivity index (χ4n) is 2.11. The molecule has 4 heteroatoms. The third kappa shape index (κ3) is 1.50. The molecule has 1 fully saturated rings. The summed E-state index contributed by atoms with van der Waals surface area (Å²) in [6.45, 7) is 1.17. The predicted octanol–water partition coefficient (Wildman–Crippen LogP) is 1.28. The lowest BCUT2D eigenvalue weighted by atomic mass is 10.1. The topological polar surface area (TPSA) is 53.7 Å². The second-order valence-electron chi connectivity index (χ2n) is 4.25. The molecular weight excluding hydrogens is 206 g/mol. The van der Waals surface area contributed by atoms with Crippen LogP contribution in [-0.4, -0.2) is 26.4 Å². The van der Waals surface area contributed by atoms with Crippen LogP contribution < -0.4 is 19.9 Å². The van der Waals surface area contributed by atoms with Crippen molar-refractivity contribution < 1.29 is 14.2 Å². The first-order valence-corrected chi connectivity index (χ1v) is 5.52. The Morgan fingerprint density at radius 2 is 2.06 bits per heavy atom. The summed E-state index contributed by atoms with van der Waals surface area (Å²) in [5.74, 6) is 2.68. The predicted molar refractivity (Wildman–Crippen MR) is 59.3 cm³/mol. The minimum absolute atomic E-state index is 0.285. The lowest BCUT2D eigenvalue weighted by Gasteiger charge is -2.21. The molecule has 2 unspecified atom stereocenters. The molecular formula is C12H15NO3. The van der Waals surface area contributed by atoms with Crippen molar-refractivity contribution >= 4 is 0 Å². The number of hydrogen-bond acceptors (Lipinski definition) is 4. The van der Waals surface area contributed by atoms with Crippen molar-refractivity contribution in [3.8, 4) is 17.2 Å². The minimum Gasteiger partial charge on any atom is -0.493 e. The molecule has 1 aromatic carbocycles. The van der Waals surface area contributed by atoms with Gasteiger partial charge in [-0.1, -0.05) is 0 Å². The van der Waals surface area contributed by atoms with E-state index in [1.54, 1.807) is 7.11 Å². The highest BCUT2D eigenvalue weighted by molar-refractivity contribution is 5.56. The Labute approximate surface area is 94.3 Å². The first kappa shape index (κ1) is 9.78. The van der Waals surface area contributed by atoms with Gasteiger partial charge in [0.25, 0.3) is 0 Å². The molecule has 0 bridgehead atoms. The highest BCUT2D eigenvalue weighted by Gasteiger charge is 2.36. The monoisotopic (exact) mass is 221 g/mol. The Kier molecular flexibility index (Phi) is 2.17. The van der Waals surface area contributed by atoms with Crippen LogP contribution in [0.1, 0.15) is 17.9 Å². The van der Waals surface area contributed by atoms with Crippen LogP contribution in [0.5, 0.6) is 17.2 Å². The van der Waals surface area contributed by atoms with Gasteiger partial charge in [-0.25, -0.2) is 0 Å². The van der Waals surface area contributed by atoms with Gasteiger partial charge in [0.1, 0.15) is 13.2 Å². The van der Waals surface area contributed by atoms with Gasteiger partial charge in [-0.05, 0) is 24.1 Å². The van der Waals surface area contributed by atoms with Crippen molar-refractivity contribution in [2.45, 2.75) is 18.4 Å². The molecule has 4 nitrogen and oxygen atoms in total. The summed E-state index contributed by atoms with van der Waals surface area (Å²) in [6.07, 6.45) is 1.04. The largest absolute Gasteiger partial charge is 0.493 e. The molecule has 0 amide bonds. The number of fused-ring (bicyclic) bond motifs is 1. The van der Waals surface area contributed by atoms with Gasteiger partial charge < -0.3 is 19.9 Å². The Morgan fingerprint density at radius 1 is 1.31 bits per heavy atom. The Morgan fingerprint density at radius 3 is 2.75 bits per heavy atom. The van der Waals surface area contributed by atoms with Crippen molar-refractivity contribution in [1.82, 2.24) is 0 Å². The summed E-state index contributed by atoms with van der Waals surface area (Å²) in [5.41, 5.74) is 7.04. The Bertz CT molecular complexity index is 402. The maximum atomic E-state index is 5.85. The second kappa shape index (κ2) is 3.56. The van der Waals surface area contributed by atoms with E-state index >= 15 is 0 Å². The molecule has 0 saturated heterocycles. The van der Waals surface area contributed by atoms with Crippen LogP contribution in [0.3, 0.4) is 0 Å². The minimum atomic E-state index is 0.285. The van der Waals surface area contributed by atoms with Gasteiger partial charge in [-0.15, -0.1) is 0 Å². The highest BCUT2D eigenvalue weighted by Crippen LogP contribution is 2.47. The third-order valence-electron chi connectivity index (χ3n) is 3.12. The molecule has 0 radical (unpaired) electrons. The number of rotatable bonds is 2. The number of nitrogens with two attached hydrogens (primary N) is 1. The fourth-order valence-corrected chi connectivity index (χ4v) is 2.11. The van der Waals surface area contributed by atoms with Crippen LogP contribution in [0.2, 0.25) is 0 Å². The maximum Gasteiger partial charge on any atom is 0.203 e. The van der Waals surface area contributed by atoms with E-state index in [9.17, 15) is 0 Å². The fraction of sp³-hybridized carbons (Fsp3) is 0.500. The SMILES string of the molecule is COc1cc(C2CC2N)cc2c1OCCO2. The van der Waals surface area contributed by atoms with Gasteiger partial charge in [0, 0.05) is 12.0 Å². The number of ether oxygens (including phenoxy) is 3. The summed E-state index contributed by atoms with van der Waals surface area (Å²) in [4.78, 5) is 0. The first-order chi connectivity index (χ1) is 7.79. The van der Waals surface area contributed by atoms with Crippen LogP contribution in [0.4, 0.5) is 0 Å². The van der Waals surface area contributed by atoms with Crippen molar-refractivity contribution in [3.63, 3.8) is 0 Å². The smallest absolute Gasteiger partial charge is 0.203 e. The summed E-state index contributed by atoms with van der Waals surface area (Å²) in [5, 5.41) is 0. The quantitative estimate of drug-likeness (QED) is 0.817. The molecule has 1 aliphatic heterocycles. The van der Waals surface area contributed by atoms with Crippen molar-refractivity contribution in [2.24, 2.45) is 5.73 Å². The van der Waals surface area contributed by atoms with Crippen LogP contribution in [0.15, 0.2) is 12.1 Å². The molecule has 2 N–H and O–H groups in total. The average molecular weight is 221 g/mol. The molecule has 16 heavy (non-hydrogen) atoms. The lowest BCUT2D eigenvalue weighted by Crippen LogP contribution is -2.16. The maximum absolute atomic E-state index is 5.85. The molecule has 1 aliphatic carbocycles. The first-order valence-electron chi connectivity index (χ1n) is 5.52. The van der Waals surface area contributed by atoms with Gasteiger partial charge in [-0.3, -0.25) is 0 Å². The van der Waals surface area contributed by atoms with Crippen LogP contribution in [0, 0.1) is 0 Å². The van der Waals surface area contributed by atoms with E-state index in [2.05, 4.69) is 0 Å². The highest BCUT2D eigenvalue weighted by atomic mass is 16.6. The van der Waals surface area contributed by atoms with Gasteiger partial charge in [0.15, 0.2) is 11.5 Å². The van der Waals surface area contributed by atoms with E-state index in [4.69, 9.17) is 19.9 Å². The van der Waals surface area contributed by atoms with Gasteiger partial charge in [0.2, 0.25) is 5.75 Å². The second-order valence-corrected chi connectivity index (χ2v) is 4.25. The zero-order valence-electron chi connectivity index (χ0n) is 9.23. The van der Waals surface area contributed by atoms with E-state index in [0.29, 0.717) is 24.9 Å². The molecule has 0 aromatic heterocycles. The number of methoxy groups -OCH3 is 1. The standard InChI is InChI=1S/C12H15NO3/c1-14-10-4-7(8-6-9(8)13)5-11-12(10)16-3-2-15-11/h4-5,8-9H,2-3,6,13H2,1H3. The van der Waals surface area contributed by atoms with E-state index in [1.807, 2.05) is 12.1 Å². The molecule has 86 valence electrons. The molecule has 1 heterocycles. The lowest BCUT2D eigenvalue weighted by molar-refractivity contribution is 0.165. The average Bonchev–Trinajstić information content (AvgIpc) is 3.05. The van der Waals surface area contributed by atoms with Crippen LogP contribution in [0.25, 0.3) is 0 Å². The molecule has 0 spiro atoms. The number of benzene rings is 1. The Balaban J connectivity index is 2.02. The van der Waals surface area contributed by atoms with Crippen LogP contribution >= 0.6 is 0 Å². The van der Waals surface area contributed by atoms with E-state index in [1.165, 1.54) is 5.56 Å². The molecule has 1 aromatic rings. The van der Waals surface area contributed by atoms with Gasteiger partial charge >= 0.3 is 0 Å². The zero-order valence-corrected chi connectivity index (χ0v) is 9.23. The van der Waals surface area contributed by atoms with Crippen molar-refractivity contribution in [2.75, 3.05) is 20.3 Å². The molecule has 3 rings (SSSR count).